The zero-order valence-corrected chi connectivity index (χ0v) is 11.9. The van der Waals surface area contributed by atoms with Crippen LogP contribution >= 0.6 is 22.6 Å². The molecular formula is C9H7IO4S2. The van der Waals surface area contributed by atoms with Gasteiger partial charge in [0.1, 0.15) is 0 Å². The lowest BCUT2D eigenvalue weighted by atomic mass is 10.4. The van der Waals surface area contributed by atoms with E-state index in [9.17, 15) is 16.8 Å². The molecule has 16 heavy (non-hydrogen) atoms. The lowest BCUT2D eigenvalue weighted by Crippen LogP contribution is -2.04. The van der Waals surface area contributed by atoms with Crippen molar-refractivity contribution < 1.29 is 16.8 Å². The van der Waals surface area contributed by atoms with Crippen molar-refractivity contribution in [3.8, 4) is 0 Å². The fraction of sp³-hybridized carbons (Fsp3) is 0.111. The zero-order chi connectivity index (χ0) is 12.1. The summed E-state index contributed by atoms with van der Waals surface area (Å²) in [6, 6.07) is 5.65. The minimum absolute atomic E-state index is 0.124. The van der Waals surface area contributed by atoms with Crippen LogP contribution in [-0.2, 0) is 19.7 Å². The van der Waals surface area contributed by atoms with Crippen LogP contribution in [-0.4, -0.2) is 16.8 Å². The molecule has 7 heteroatoms. The molecule has 1 heterocycles. The summed E-state index contributed by atoms with van der Waals surface area (Å²) < 4.78 is 47.8. The van der Waals surface area contributed by atoms with Crippen molar-refractivity contribution in [1.29, 1.82) is 0 Å². The summed E-state index contributed by atoms with van der Waals surface area (Å²) in [6.45, 7) is 1.47. The third-order valence-corrected chi connectivity index (χ3v) is 8.37. The molecule has 0 N–H and O–H groups in total. The molecule has 0 aliphatic carbocycles. The van der Waals surface area contributed by atoms with E-state index in [1.165, 1.54) is 31.2 Å². The van der Waals surface area contributed by atoms with Gasteiger partial charge in [-0.25, -0.2) is 16.8 Å². The largest absolute Gasteiger partial charge is 0.219 e. The van der Waals surface area contributed by atoms with Crippen LogP contribution in [0.15, 0.2) is 41.9 Å². The molecule has 86 valence electrons. The Hall–Kier alpha value is -0.410. The molecule has 0 saturated carbocycles. The molecule has 1 aliphatic heterocycles. The van der Waals surface area contributed by atoms with Crippen LogP contribution in [0.3, 0.4) is 0 Å². The van der Waals surface area contributed by atoms with Crippen molar-refractivity contribution in [2.24, 2.45) is 0 Å². The number of halogens is 1. The van der Waals surface area contributed by atoms with E-state index in [1.54, 1.807) is 22.6 Å². The van der Waals surface area contributed by atoms with Gasteiger partial charge in [0.25, 0.3) is 0 Å². The minimum Gasteiger partial charge on any atom is -0.218 e. The molecule has 1 aromatic rings. The molecule has 2 rings (SSSR count). The second-order valence-corrected chi connectivity index (χ2v) is 8.86. The summed E-state index contributed by atoms with van der Waals surface area (Å²) in [4.78, 5) is -0.248. The van der Waals surface area contributed by atoms with Crippen molar-refractivity contribution in [2.75, 3.05) is 0 Å². The normalized spacial score (nSPS) is 20.5. The van der Waals surface area contributed by atoms with Gasteiger partial charge in [-0.3, -0.25) is 0 Å². The first-order valence-corrected chi connectivity index (χ1v) is 8.29. The van der Waals surface area contributed by atoms with Gasteiger partial charge in [0.05, 0.1) is 9.79 Å². The van der Waals surface area contributed by atoms with E-state index in [2.05, 4.69) is 0 Å². The number of hydrogen-bond acceptors (Lipinski definition) is 4. The van der Waals surface area contributed by atoms with Crippen molar-refractivity contribution in [1.82, 2.24) is 0 Å². The predicted octanol–water partition coefficient (Wildman–Crippen LogP) is 1.87. The molecule has 0 fully saturated rings. The van der Waals surface area contributed by atoms with Gasteiger partial charge >= 0.3 is 0 Å². The highest BCUT2D eigenvalue weighted by Crippen LogP contribution is 2.42. The average molecular weight is 370 g/mol. The molecule has 0 unspecified atom stereocenters. The van der Waals surface area contributed by atoms with Gasteiger partial charge in [-0.05, 0) is 41.6 Å². The molecule has 1 aliphatic rings. The predicted molar refractivity (Wildman–Crippen MR) is 67.5 cm³/mol. The number of allylic oxidation sites excluding steroid dienone is 1. The quantitative estimate of drug-likeness (QED) is 0.654. The molecule has 1 aromatic carbocycles. The van der Waals surface area contributed by atoms with Gasteiger partial charge in [-0.1, -0.05) is 12.1 Å². The van der Waals surface area contributed by atoms with Crippen LogP contribution in [0.1, 0.15) is 6.92 Å². The van der Waals surface area contributed by atoms with Crippen molar-refractivity contribution in [2.45, 2.75) is 16.7 Å². The van der Waals surface area contributed by atoms with E-state index >= 15 is 0 Å². The van der Waals surface area contributed by atoms with E-state index in [1.807, 2.05) is 0 Å². The van der Waals surface area contributed by atoms with Gasteiger partial charge < -0.3 is 0 Å². The van der Waals surface area contributed by atoms with Crippen LogP contribution < -0.4 is 0 Å². The summed E-state index contributed by atoms with van der Waals surface area (Å²) in [5.74, 6) is 0. The number of benzene rings is 1. The Morgan fingerprint density at radius 2 is 1.38 bits per heavy atom. The second-order valence-electron chi connectivity index (χ2n) is 3.27. The van der Waals surface area contributed by atoms with Gasteiger partial charge in [-0.15, -0.1) is 0 Å². The number of hydrogen-bond donors (Lipinski definition) is 0. The fourth-order valence-electron chi connectivity index (χ4n) is 1.61. The van der Waals surface area contributed by atoms with Crippen LogP contribution in [0.4, 0.5) is 0 Å². The zero-order valence-electron chi connectivity index (χ0n) is 8.14. The highest BCUT2D eigenvalue weighted by Gasteiger charge is 2.45. The van der Waals surface area contributed by atoms with Crippen molar-refractivity contribution in [3.05, 3.63) is 32.1 Å². The maximum Gasteiger partial charge on any atom is 0.219 e. The molecule has 0 spiro atoms. The van der Waals surface area contributed by atoms with Gasteiger partial charge in [0.2, 0.25) is 19.7 Å². The topological polar surface area (TPSA) is 68.3 Å². The highest BCUT2D eigenvalue weighted by molar-refractivity contribution is 14.1. The van der Waals surface area contributed by atoms with Crippen LogP contribution in [0.25, 0.3) is 0 Å². The summed E-state index contributed by atoms with van der Waals surface area (Å²) in [7, 11) is -7.74. The number of fused-ring (bicyclic) bond motifs is 1. The third kappa shape index (κ3) is 1.45. The Kier molecular flexibility index (Phi) is 2.67. The van der Waals surface area contributed by atoms with Crippen LogP contribution in [0, 0.1) is 0 Å². The first kappa shape index (κ1) is 12.1. The maximum absolute atomic E-state index is 12.0. The summed E-state index contributed by atoms with van der Waals surface area (Å²) in [5, 5.41) is 0. The van der Waals surface area contributed by atoms with E-state index in [4.69, 9.17) is 0 Å². The van der Waals surface area contributed by atoms with Crippen LogP contribution in [0.2, 0.25) is 0 Å². The van der Waals surface area contributed by atoms with E-state index < -0.39 is 23.9 Å². The minimum atomic E-state index is -3.87. The molecule has 0 amide bonds. The molecular weight excluding hydrogens is 363 g/mol. The molecule has 4 nitrogen and oxygen atoms in total. The Bertz CT molecular complexity index is 640. The van der Waals surface area contributed by atoms with Gasteiger partial charge in [-0.2, -0.15) is 0 Å². The smallest absolute Gasteiger partial charge is 0.218 e. The Labute approximate surface area is 107 Å². The van der Waals surface area contributed by atoms with Crippen molar-refractivity contribution in [3.63, 3.8) is 0 Å². The summed E-state index contributed by atoms with van der Waals surface area (Å²) in [5.41, 5.74) is 0. The summed E-state index contributed by atoms with van der Waals surface area (Å²) in [6.07, 6.45) is 0. The monoisotopic (exact) mass is 370 g/mol. The number of rotatable bonds is 0. The third-order valence-electron chi connectivity index (χ3n) is 2.20. The second kappa shape index (κ2) is 3.54. The van der Waals surface area contributed by atoms with E-state index in [0.717, 1.165) is 0 Å². The Balaban J connectivity index is 3.06. The van der Waals surface area contributed by atoms with Crippen LogP contribution in [0.5, 0.6) is 0 Å². The molecule has 0 atom stereocenters. The first-order valence-electron chi connectivity index (χ1n) is 4.25. The van der Waals surface area contributed by atoms with Crippen molar-refractivity contribution >= 4 is 42.3 Å². The Morgan fingerprint density at radius 3 is 1.69 bits per heavy atom. The summed E-state index contributed by atoms with van der Waals surface area (Å²) >= 11 is 1.71. The molecule has 0 bridgehead atoms. The van der Waals surface area contributed by atoms with Gasteiger partial charge in [0.15, 0.2) is 4.24 Å². The lowest BCUT2D eigenvalue weighted by Gasteiger charge is -1.97. The molecule has 0 radical (unpaired) electrons. The average Bonchev–Trinajstić information content (AvgIpc) is 2.31. The SMILES string of the molecule is CC(I)=C1S(=O)(=O)c2ccccc2S1(=O)=O. The van der Waals surface area contributed by atoms with E-state index in [-0.39, 0.29) is 13.4 Å². The molecule has 0 aromatic heterocycles. The standard InChI is InChI=1S/C9H7IO4S2/c1-6(10)9-15(11,12)7-4-2-3-5-8(7)16(9,13)14/h2-5H,1H3. The van der Waals surface area contributed by atoms with Gasteiger partial charge in [0, 0.05) is 3.58 Å². The molecule has 0 saturated heterocycles. The Morgan fingerprint density at radius 1 is 1.00 bits per heavy atom. The fourth-order valence-corrected chi connectivity index (χ4v) is 8.02. The van der Waals surface area contributed by atoms with E-state index in [0.29, 0.717) is 0 Å². The highest BCUT2D eigenvalue weighted by atomic mass is 127. The number of sulfone groups is 2. The first-order chi connectivity index (χ1) is 7.29. The maximum atomic E-state index is 12.0. The lowest BCUT2D eigenvalue weighted by molar-refractivity contribution is 0.603.